The standard InChI is InChI=1S/C29H31FO/c1-3-5-7-8-23-11-16-26(17-12-23)28-20-15-25(22-29(28)30)10-9-24-13-18-27(19-14-24)31-21-6-4-2/h11-20,22H,3-8,21H2,1-2H3. The lowest BCUT2D eigenvalue weighted by molar-refractivity contribution is 0.309. The molecule has 2 heteroatoms. The van der Waals surface area contributed by atoms with Crippen molar-refractivity contribution >= 4 is 0 Å². The fourth-order valence-corrected chi connectivity index (χ4v) is 3.37. The minimum Gasteiger partial charge on any atom is -0.494 e. The fourth-order valence-electron chi connectivity index (χ4n) is 3.37. The number of unbranched alkanes of at least 4 members (excludes halogenated alkanes) is 3. The third-order valence-electron chi connectivity index (χ3n) is 5.28. The van der Waals surface area contributed by atoms with Gasteiger partial charge in [-0.25, -0.2) is 4.39 Å². The zero-order valence-corrected chi connectivity index (χ0v) is 18.6. The molecule has 0 saturated carbocycles. The van der Waals surface area contributed by atoms with Crippen molar-refractivity contribution in [2.45, 2.75) is 52.4 Å². The summed E-state index contributed by atoms with van der Waals surface area (Å²) in [6.07, 6.45) is 6.91. The third kappa shape index (κ3) is 7.00. The lowest BCUT2D eigenvalue weighted by atomic mass is 10.00. The van der Waals surface area contributed by atoms with E-state index in [9.17, 15) is 4.39 Å². The molecule has 1 nitrogen and oxygen atoms in total. The van der Waals surface area contributed by atoms with Crippen molar-refractivity contribution in [3.05, 3.63) is 89.2 Å². The summed E-state index contributed by atoms with van der Waals surface area (Å²) < 4.78 is 20.4. The van der Waals surface area contributed by atoms with Crippen LogP contribution in [0.4, 0.5) is 4.39 Å². The number of aryl methyl sites for hydroxylation is 1. The molecule has 0 aliphatic heterocycles. The second-order valence-corrected chi connectivity index (χ2v) is 7.83. The highest BCUT2D eigenvalue weighted by molar-refractivity contribution is 5.65. The second-order valence-electron chi connectivity index (χ2n) is 7.83. The van der Waals surface area contributed by atoms with Gasteiger partial charge in [0, 0.05) is 16.7 Å². The average molecular weight is 415 g/mol. The zero-order valence-electron chi connectivity index (χ0n) is 18.6. The van der Waals surface area contributed by atoms with Gasteiger partial charge in [0.15, 0.2) is 0 Å². The quantitative estimate of drug-likeness (QED) is 0.256. The fraction of sp³-hybridized carbons (Fsp3) is 0.310. The smallest absolute Gasteiger partial charge is 0.132 e. The van der Waals surface area contributed by atoms with E-state index in [1.807, 2.05) is 48.5 Å². The van der Waals surface area contributed by atoms with Crippen LogP contribution in [-0.4, -0.2) is 6.61 Å². The Kier molecular flexibility index (Phi) is 8.73. The highest BCUT2D eigenvalue weighted by Gasteiger charge is 2.06. The van der Waals surface area contributed by atoms with Gasteiger partial charge in [0.05, 0.1) is 6.61 Å². The molecule has 160 valence electrons. The monoisotopic (exact) mass is 414 g/mol. The minimum absolute atomic E-state index is 0.245. The molecule has 0 radical (unpaired) electrons. The number of benzene rings is 3. The molecule has 0 fully saturated rings. The number of rotatable bonds is 9. The lowest BCUT2D eigenvalue weighted by Crippen LogP contribution is -1.95. The summed E-state index contributed by atoms with van der Waals surface area (Å²) in [6.45, 7) is 5.08. The maximum absolute atomic E-state index is 14.7. The molecule has 0 N–H and O–H groups in total. The number of hydrogen-bond acceptors (Lipinski definition) is 1. The first-order chi connectivity index (χ1) is 15.2. The van der Waals surface area contributed by atoms with Crippen LogP contribution in [0.15, 0.2) is 66.7 Å². The summed E-state index contributed by atoms with van der Waals surface area (Å²) >= 11 is 0. The molecule has 0 aliphatic carbocycles. The van der Waals surface area contributed by atoms with E-state index in [0.717, 1.165) is 42.7 Å². The van der Waals surface area contributed by atoms with Crippen LogP contribution < -0.4 is 4.74 Å². The molecule has 0 aliphatic rings. The van der Waals surface area contributed by atoms with Crippen LogP contribution in [0, 0.1) is 17.7 Å². The number of halogens is 1. The molecule has 0 heterocycles. The highest BCUT2D eigenvalue weighted by Crippen LogP contribution is 2.24. The summed E-state index contributed by atoms with van der Waals surface area (Å²) in [5.74, 6) is 6.77. The maximum atomic E-state index is 14.7. The first-order valence-electron chi connectivity index (χ1n) is 11.3. The summed E-state index contributed by atoms with van der Waals surface area (Å²) in [5.41, 5.74) is 4.36. The maximum Gasteiger partial charge on any atom is 0.132 e. The summed E-state index contributed by atoms with van der Waals surface area (Å²) in [6, 6.07) is 21.2. The van der Waals surface area contributed by atoms with Crippen molar-refractivity contribution < 1.29 is 9.13 Å². The number of ether oxygens (including phenoxy) is 1. The normalized spacial score (nSPS) is 10.4. The molecule has 3 aromatic carbocycles. The Labute approximate surface area is 186 Å². The van der Waals surface area contributed by atoms with Gasteiger partial charge >= 0.3 is 0 Å². The molecule has 0 aromatic heterocycles. The molecule has 0 atom stereocenters. The van der Waals surface area contributed by atoms with E-state index < -0.39 is 0 Å². The summed E-state index contributed by atoms with van der Waals surface area (Å²) in [7, 11) is 0. The predicted molar refractivity (Wildman–Crippen MR) is 128 cm³/mol. The van der Waals surface area contributed by atoms with Crippen molar-refractivity contribution in [3.8, 4) is 28.7 Å². The second kappa shape index (κ2) is 12.0. The molecule has 0 amide bonds. The van der Waals surface area contributed by atoms with Gasteiger partial charge in [-0.3, -0.25) is 0 Å². The van der Waals surface area contributed by atoms with Gasteiger partial charge in [-0.2, -0.15) is 0 Å². The Bertz CT molecular complexity index is 1010. The van der Waals surface area contributed by atoms with E-state index in [1.165, 1.54) is 30.9 Å². The zero-order chi connectivity index (χ0) is 21.9. The molecule has 31 heavy (non-hydrogen) atoms. The van der Waals surface area contributed by atoms with Crippen LogP contribution in [0.2, 0.25) is 0 Å². The molecular weight excluding hydrogens is 383 g/mol. The van der Waals surface area contributed by atoms with Crippen LogP contribution in [0.1, 0.15) is 62.6 Å². The largest absolute Gasteiger partial charge is 0.494 e. The van der Waals surface area contributed by atoms with Gasteiger partial charge < -0.3 is 4.74 Å². The Morgan fingerprint density at radius 2 is 1.42 bits per heavy atom. The Morgan fingerprint density at radius 1 is 0.742 bits per heavy atom. The van der Waals surface area contributed by atoms with Crippen molar-refractivity contribution in [1.82, 2.24) is 0 Å². The lowest BCUT2D eigenvalue weighted by Gasteiger charge is -2.06. The molecule has 0 unspecified atom stereocenters. The average Bonchev–Trinajstić information content (AvgIpc) is 2.80. The van der Waals surface area contributed by atoms with Crippen LogP contribution in [0.3, 0.4) is 0 Å². The van der Waals surface area contributed by atoms with E-state index in [1.54, 1.807) is 0 Å². The molecular formula is C29H31FO. The SMILES string of the molecule is CCCCCc1ccc(-c2ccc(C#Cc3ccc(OCCCC)cc3)cc2F)cc1. The Morgan fingerprint density at radius 3 is 2.10 bits per heavy atom. The number of hydrogen-bond donors (Lipinski definition) is 0. The van der Waals surface area contributed by atoms with Gasteiger partial charge in [0.1, 0.15) is 11.6 Å². The third-order valence-corrected chi connectivity index (χ3v) is 5.28. The van der Waals surface area contributed by atoms with Gasteiger partial charge in [-0.1, -0.05) is 75.3 Å². The van der Waals surface area contributed by atoms with E-state index in [-0.39, 0.29) is 5.82 Å². The Hall–Kier alpha value is -3.05. The Balaban J connectivity index is 1.65. The van der Waals surface area contributed by atoms with E-state index in [4.69, 9.17) is 4.74 Å². The molecule has 0 saturated heterocycles. The first-order valence-corrected chi connectivity index (χ1v) is 11.3. The van der Waals surface area contributed by atoms with Crippen molar-refractivity contribution in [3.63, 3.8) is 0 Å². The molecule has 3 rings (SSSR count). The van der Waals surface area contributed by atoms with Gasteiger partial charge in [0.2, 0.25) is 0 Å². The minimum atomic E-state index is -0.245. The molecule has 0 bridgehead atoms. The van der Waals surface area contributed by atoms with Crippen molar-refractivity contribution in [2.24, 2.45) is 0 Å². The summed E-state index contributed by atoms with van der Waals surface area (Å²) in [4.78, 5) is 0. The van der Waals surface area contributed by atoms with Crippen molar-refractivity contribution in [1.29, 1.82) is 0 Å². The van der Waals surface area contributed by atoms with Crippen LogP contribution >= 0.6 is 0 Å². The van der Waals surface area contributed by atoms with Gasteiger partial charge in [-0.05, 0) is 66.8 Å². The predicted octanol–water partition coefficient (Wildman–Crippen LogP) is 7.80. The van der Waals surface area contributed by atoms with Crippen LogP contribution in [0.25, 0.3) is 11.1 Å². The highest BCUT2D eigenvalue weighted by atomic mass is 19.1. The molecule has 0 spiro atoms. The van der Waals surface area contributed by atoms with Crippen LogP contribution in [0.5, 0.6) is 5.75 Å². The van der Waals surface area contributed by atoms with Gasteiger partial charge in [-0.15, -0.1) is 0 Å². The van der Waals surface area contributed by atoms with E-state index in [0.29, 0.717) is 11.1 Å². The van der Waals surface area contributed by atoms with E-state index in [2.05, 4.69) is 37.8 Å². The first kappa shape index (κ1) is 22.6. The molecule has 3 aromatic rings. The van der Waals surface area contributed by atoms with E-state index >= 15 is 0 Å². The topological polar surface area (TPSA) is 9.23 Å². The van der Waals surface area contributed by atoms with Gasteiger partial charge in [0.25, 0.3) is 0 Å². The van der Waals surface area contributed by atoms with Crippen molar-refractivity contribution in [2.75, 3.05) is 6.61 Å². The van der Waals surface area contributed by atoms with Crippen LogP contribution in [-0.2, 0) is 6.42 Å². The summed E-state index contributed by atoms with van der Waals surface area (Å²) in [5, 5.41) is 0.